The maximum absolute atomic E-state index is 13.1. The van der Waals surface area contributed by atoms with E-state index in [1.165, 1.54) is 5.56 Å². The summed E-state index contributed by atoms with van der Waals surface area (Å²) in [5, 5.41) is 3.08. The van der Waals surface area contributed by atoms with Gasteiger partial charge in [-0.25, -0.2) is 0 Å². The molecule has 5 rings (SSSR count). The van der Waals surface area contributed by atoms with Crippen molar-refractivity contribution in [1.82, 2.24) is 5.32 Å². The predicted molar refractivity (Wildman–Crippen MR) is 180 cm³/mol. The predicted octanol–water partition coefficient (Wildman–Crippen LogP) is 8.63. The zero-order valence-corrected chi connectivity index (χ0v) is 26.7. The quantitative estimate of drug-likeness (QED) is 0.112. The van der Waals surface area contributed by atoms with Crippen LogP contribution in [0.4, 0.5) is 0 Å². The monoisotopic (exact) mass is 611 g/mol. The Kier molecular flexibility index (Phi) is 9.59. The smallest absolute Gasteiger partial charge is 0.193 e. The molecule has 6 nitrogen and oxygen atoms in total. The van der Waals surface area contributed by atoms with Crippen LogP contribution < -0.4 is 14.8 Å². The summed E-state index contributed by atoms with van der Waals surface area (Å²) in [7, 11) is 1.82. The first-order valence-corrected chi connectivity index (χ1v) is 15.2. The molecule has 0 unspecified atom stereocenters. The first-order chi connectivity index (χ1) is 22.0. The molecule has 6 heteroatoms. The fraction of sp³-hybridized carbons (Fsp3) is 0.175. The number of ketones is 3. The van der Waals surface area contributed by atoms with Gasteiger partial charge in [-0.15, -0.1) is 0 Å². The van der Waals surface area contributed by atoms with Crippen molar-refractivity contribution in [2.24, 2.45) is 0 Å². The van der Waals surface area contributed by atoms with Crippen LogP contribution in [0.2, 0.25) is 0 Å². The second kappa shape index (κ2) is 13.8. The van der Waals surface area contributed by atoms with Gasteiger partial charge in [-0.2, -0.15) is 0 Å². The summed E-state index contributed by atoms with van der Waals surface area (Å²) in [4.78, 5) is 39.0. The second-order valence-electron chi connectivity index (χ2n) is 11.9. The fourth-order valence-electron chi connectivity index (χ4n) is 4.80. The molecule has 5 aromatic carbocycles. The minimum atomic E-state index is -0.520. The molecule has 0 bridgehead atoms. The Balaban J connectivity index is 1.18. The summed E-state index contributed by atoms with van der Waals surface area (Å²) in [6, 6.07) is 35.2. The minimum absolute atomic E-state index is 0.0816. The molecule has 0 heterocycles. The maximum atomic E-state index is 13.1. The molecule has 0 aromatic heterocycles. The van der Waals surface area contributed by atoms with Crippen LogP contribution >= 0.6 is 0 Å². The van der Waals surface area contributed by atoms with Crippen molar-refractivity contribution in [3.8, 4) is 17.2 Å². The van der Waals surface area contributed by atoms with Gasteiger partial charge in [0, 0.05) is 33.4 Å². The van der Waals surface area contributed by atoms with E-state index in [2.05, 4.69) is 19.2 Å². The average Bonchev–Trinajstić information content (AvgIpc) is 3.08. The van der Waals surface area contributed by atoms with Gasteiger partial charge in [0.2, 0.25) is 0 Å². The van der Waals surface area contributed by atoms with E-state index in [1.807, 2.05) is 45.2 Å². The van der Waals surface area contributed by atoms with Crippen molar-refractivity contribution in [2.75, 3.05) is 7.05 Å². The summed E-state index contributed by atoms with van der Waals surface area (Å²) < 4.78 is 11.8. The lowest BCUT2D eigenvalue weighted by Gasteiger charge is -2.25. The molecule has 0 aliphatic rings. The van der Waals surface area contributed by atoms with Crippen LogP contribution in [0.25, 0.3) is 0 Å². The molecule has 0 saturated heterocycles. The molecule has 0 spiro atoms. The molecule has 232 valence electrons. The van der Waals surface area contributed by atoms with E-state index in [9.17, 15) is 14.4 Å². The molecule has 0 atom stereocenters. The second-order valence-corrected chi connectivity index (χ2v) is 11.9. The normalized spacial score (nSPS) is 11.3. The zero-order chi connectivity index (χ0) is 32.8. The molecule has 5 aromatic rings. The molecule has 1 N–H and O–H groups in total. The number of rotatable bonds is 12. The van der Waals surface area contributed by atoms with Crippen LogP contribution in [-0.2, 0) is 0 Å². The van der Waals surface area contributed by atoms with Gasteiger partial charge < -0.3 is 9.47 Å². The average molecular weight is 612 g/mol. The van der Waals surface area contributed by atoms with Gasteiger partial charge in [-0.1, -0.05) is 62.4 Å². The highest BCUT2D eigenvalue weighted by Crippen LogP contribution is 2.25. The Hall–Kier alpha value is -5.33. The Bertz CT molecular complexity index is 1820. The van der Waals surface area contributed by atoms with Gasteiger partial charge in [0.1, 0.15) is 17.2 Å². The summed E-state index contributed by atoms with van der Waals surface area (Å²) >= 11 is 0. The van der Waals surface area contributed by atoms with Crippen molar-refractivity contribution in [2.45, 2.75) is 39.3 Å². The van der Waals surface area contributed by atoms with E-state index in [0.29, 0.717) is 56.5 Å². The first kappa shape index (κ1) is 32.1. The number of hydrogen-bond acceptors (Lipinski definition) is 6. The summed E-state index contributed by atoms with van der Waals surface area (Å²) in [6.07, 6.45) is 0. The van der Waals surface area contributed by atoms with Gasteiger partial charge in [-0.3, -0.25) is 19.7 Å². The number of carbonyl (C=O) groups excluding carboxylic acids is 3. The number of nitrogens with one attached hydrogen (secondary N) is 1. The van der Waals surface area contributed by atoms with Crippen molar-refractivity contribution >= 4 is 17.3 Å². The Morgan fingerprint density at radius 1 is 0.500 bits per heavy atom. The van der Waals surface area contributed by atoms with Crippen molar-refractivity contribution in [3.63, 3.8) is 0 Å². The summed E-state index contributed by atoms with van der Waals surface area (Å²) in [5.41, 5.74) is 3.89. The van der Waals surface area contributed by atoms with Gasteiger partial charge in [-0.05, 0) is 105 Å². The SMILES string of the molecule is CNC(C)(C)Oc1ccc(C(=O)c2ccc(Oc3ccc(C(=O)c4ccc(C(=O)c5ccc(C(C)C)cc5)cc4)cc3)cc2)cc1. The highest BCUT2D eigenvalue weighted by Gasteiger charge is 2.17. The summed E-state index contributed by atoms with van der Waals surface area (Å²) in [5.74, 6) is 1.84. The Labute approximate surface area is 270 Å². The lowest BCUT2D eigenvalue weighted by atomic mass is 9.96. The number of carbonyl (C=O) groups is 3. The van der Waals surface area contributed by atoms with Gasteiger partial charge in [0.05, 0.1) is 0 Å². The van der Waals surface area contributed by atoms with Gasteiger partial charge >= 0.3 is 0 Å². The van der Waals surface area contributed by atoms with E-state index in [-0.39, 0.29) is 17.3 Å². The lowest BCUT2D eigenvalue weighted by Crippen LogP contribution is -2.42. The van der Waals surface area contributed by atoms with Crippen LogP contribution in [0.1, 0.15) is 86.9 Å². The van der Waals surface area contributed by atoms with Gasteiger partial charge in [0.15, 0.2) is 23.1 Å². The third-order valence-corrected chi connectivity index (χ3v) is 7.81. The van der Waals surface area contributed by atoms with Gasteiger partial charge in [0.25, 0.3) is 0 Å². The standard InChI is InChI=1S/C40H37NO5/c1-26(2)27-6-8-28(9-7-27)37(42)29-10-12-30(13-11-29)38(43)31-14-20-34(21-15-31)45-35-22-16-32(17-23-35)39(44)33-18-24-36(25-19-33)46-40(3,4)41-5/h6-26,41H,1-5H3. The molecule has 0 saturated carbocycles. The highest BCUT2D eigenvalue weighted by atomic mass is 16.5. The number of hydrogen-bond donors (Lipinski definition) is 1. The third-order valence-electron chi connectivity index (χ3n) is 7.81. The molecule has 0 radical (unpaired) electrons. The van der Waals surface area contributed by atoms with Crippen LogP contribution in [0, 0.1) is 0 Å². The molecule has 0 aliphatic carbocycles. The molecular formula is C40H37NO5. The van der Waals surface area contributed by atoms with E-state index < -0.39 is 5.72 Å². The molecule has 46 heavy (non-hydrogen) atoms. The molecule has 0 fully saturated rings. The van der Waals surface area contributed by atoms with E-state index >= 15 is 0 Å². The first-order valence-electron chi connectivity index (χ1n) is 15.2. The molecule has 0 aliphatic heterocycles. The van der Waals surface area contributed by atoms with Crippen LogP contribution in [-0.4, -0.2) is 30.1 Å². The topological polar surface area (TPSA) is 81.7 Å². The molecule has 0 amide bonds. The highest BCUT2D eigenvalue weighted by molar-refractivity contribution is 6.12. The summed E-state index contributed by atoms with van der Waals surface area (Å²) in [6.45, 7) is 8.06. The lowest BCUT2D eigenvalue weighted by molar-refractivity contribution is 0.0804. The fourth-order valence-corrected chi connectivity index (χ4v) is 4.80. The van der Waals surface area contributed by atoms with Crippen molar-refractivity contribution < 1.29 is 23.9 Å². The maximum Gasteiger partial charge on any atom is 0.193 e. The van der Waals surface area contributed by atoms with E-state index in [4.69, 9.17) is 9.47 Å². The van der Waals surface area contributed by atoms with E-state index in [1.54, 1.807) is 97.1 Å². The molecular weight excluding hydrogens is 574 g/mol. The zero-order valence-electron chi connectivity index (χ0n) is 26.7. The largest absolute Gasteiger partial charge is 0.473 e. The number of ether oxygens (including phenoxy) is 2. The minimum Gasteiger partial charge on any atom is -0.473 e. The van der Waals surface area contributed by atoms with Crippen LogP contribution in [0.5, 0.6) is 17.2 Å². The van der Waals surface area contributed by atoms with Crippen LogP contribution in [0.15, 0.2) is 121 Å². The Morgan fingerprint density at radius 2 is 0.783 bits per heavy atom. The van der Waals surface area contributed by atoms with Crippen molar-refractivity contribution in [3.05, 3.63) is 160 Å². The van der Waals surface area contributed by atoms with Crippen LogP contribution in [0.3, 0.4) is 0 Å². The Morgan fingerprint density at radius 3 is 1.09 bits per heavy atom. The van der Waals surface area contributed by atoms with E-state index in [0.717, 1.165) is 0 Å². The third kappa shape index (κ3) is 7.65. The number of benzene rings is 5. The van der Waals surface area contributed by atoms with Crippen molar-refractivity contribution in [1.29, 1.82) is 0 Å².